The zero-order chi connectivity index (χ0) is 14.5. The highest BCUT2D eigenvalue weighted by Gasteiger charge is 2.06. The maximum absolute atomic E-state index is 13.2. The molecule has 0 unspecified atom stereocenters. The molecule has 0 aliphatic rings. The Labute approximate surface area is 119 Å². The molecule has 0 fully saturated rings. The minimum absolute atomic E-state index is 0.158. The summed E-state index contributed by atoms with van der Waals surface area (Å²) in [6.45, 7) is 4.59. The van der Waals surface area contributed by atoms with E-state index >= 15 is 0 Å². The van der Waals surface area contributed by atoms with Crippen molar-refractivity contribution in [1.29, 1.82) is 0 Å². The minimum Gasteiger partial charge on any atom is -0.497 e. The monoisotopic (exact) mass is 273 g/mol. The van der Waals surface area contributed by atoms with E-state index in [0.29, 0.717) is 12.1 Å². The van der Waals surface area contributed by atoms with Crippen molar-refractivity contribution in [1.82, 2.24) is 5.32 Å². The lowest BCUT2D eigenvalue weighted by Crippen LogP contribution is -2.18. The first-order chi connectivity index (χ1) is 9.60. The molecule has 2 aromatic rings. The Morgan fingerprint density at radius 1 is 1.20 bits per heavy atom. The number of hydrogen-bond acceptors (Lipinski definition) is 2. The molecule has 0 aliphatic heterocycles. The van der Waals surface area contributed by atoms with Gasteiger partial charge in [0, 0.05) is 12.6 Å². The standard InChI is InChI=1S/C17H20FNO/c1-12-9-14(7-8-17(12)18)11-19-13(2)15-5-4-6-16(10-15)20-3/h4-10,13,19H,11H2,1-3H3/t13-/m0/s1. The van der Waals surface area contributed by atoms with Gasteiger partial charge in [-0.3, -0.25) is 0 Å². The maximum atomic E-state index is 13.2. The number of halogens is 1. The van der Waals surface area contributed by atoms with Crippen LogP contribution in [0, 0.1) is 12.7 Å². The van der Waals surface area contributed by atoms with Gasteiger partial charge in [0.05, 0.1) is 7.11 Å². The van der Waals surface area contributed by atoms with Gasteiger partial charge in [-0.1, -0.05) is 24.3 Å². The predicted octanol–water partition coefficient (Wildman–Crippen LogP) is 3.99. The van der Waals surface area contributed by atoms with E-state index in [1.807, 2.05) is 30.3 Å². The Morgan fingerprint density at radius 3 is 2.70 bits per heavy atom. The van der Waals surface area contributed by atoms with Gasteiger partial charge in [0.2, 0.25) is 0 Å². The zero-order valence-corrected chi connectivity index (χ0v) is 12.1. The highest BCUT2D eigenvalue weighted by atomic mass is 19.1. The van der Waals surface area contributed by atoms with Crippen LogP contribution in [0.5, 0.6) is 5.75 Å². The molecule has 0 spiro atoms. The molecule has 1 atom stereocenters. The lowest BCUT2D eigenvalue weighted by Gasteiger charge is -2.15. The van der Waals surface area contributed by atoms with Crippen molar-refractivity contribution in [3.05, 3.63) is 65.0 Å². The van der Waals surface area contributed by atoms with Crippen LogP contribution < -0.4 is 10.1 Å². The van der Waals surface area contributed by atoms with Crippen molar-refractivity contribution in [2.24, 2.45) is 0 Å². The largest absolute Gasteiger partial charge is 0.497 e. The lowest BCUT2D eigenvalue weighted by molar-refractivity contribution is 0.413. The van der Waals surface area contributed by atoms with Crippen LogP contribution in [0.4, 0.5) is 4.39 Å². The third kappa shape index (κ3) is 3.58. The van der Waals surface area contributed by atoms with E-state index in [0.717, 1.165) is 11.3 Å². The second kappa shape index (κ2) is 6.53. The Bertz CT molecular complexity index is 583. The fourth-order valence-electron chi connectivity index (χ4n) is 2.12. The van der Waals surface area contributed by atoms with Crippen LogP contribution in [-0.4, -0.2) is 7.11 Å². The Morgan fingerprint density at radius 2 is 2.00 bits per heavy atom. The van der Waals surface area contributed by atoms with Gasteiger partial charge >= 0.3 is 0 Å². The Hall–Kier alpha value is -1.87. The molecule has 2 rings (SSSR count). The number of rotatable bonds is 5. The summed E-state index contributed by atoms with van der Waals surface area (Å²) in [6, 6.07) is 13.4. The predicted molar refractivity (Wildman–Crippen MR) is 79.4 cm³/mol. The second-order valence-corrected chi connectivity index (χ2v) is 4.96. The van der Waals surface area contributed by atoms with Crippen molar-refractivity contribution < 1.29 is 9.13 Å². The summed E-state index contributed by atoms with van der Waals surface area (Å²) in [6.07, 6.45) is 0. The van der Waals surface area contributed by atoms with Crippen molar-refractivity contribution in [3.63, 3.8) is 0 Å². The average molecular weight is 273 g/mol. The summed E-state index contributed by atoms with van der Waals surface area (Å²) in [7, 11) is 1.67. The van der Waals surface area contributed by atoms with Gasteiger partial charge in [-0.05, 0) is 48.7 Å². The van der Waals surface area contributed by atoms with Gasteiger partial charge < -0.3 is 10.1 Å². The first-order valence-electron chi connectivity index (χ1n) is 6.72. The topological polar surface area (TPSA) is 21.3 Å². The molecule has 2 aromatic carbocycles. The maximum Gasteiger partial charge on any atom is 0.126 e. The number of aryl methyl sites for hydroxylation is 1. The molecule has 20 heavy (non-hydrogen) atoms. The molecule has 0 saturated carbocycles. The van der Waals surface area contributed by atoms with Crippen LogP contribution in [0.1, 0.15) is 29.7 Å². The van der Waals surface area contributed by atoms with Gasteiger partial charge in [-0.2, -0.15) is 0 Å². The van der Waals surface area contributed by atoms with Crippen molar-refractivity contribution in [3.8, 4) is 5.75 Å². The molecule has 1 N–H and O–H groups in total. The zero-order valence-electron chi connectivity index (χ0n) is 12.1. The van der Waals surface area contributed by atoms with Crippen molar-refractivity contribution >= 4 is 0 Å². The van der Waals surface area contributed by atoms with E-state index in [9.17, 15) is 4.39 Å². The first-order valence-corrected chi connectivity index (χ1v) is 6.72. The molecule has 0 radical (unpaired) electrons. The molecule has 0 aromatic heterocycles. The highest BCUT2D eigenvalue weighted by molar-refractivity contribution is 5.30. The second-order valence-electron chi connectivity index (χ2n) is 4.96. The van der Waals surface area contributed by atoms with E-state index in [-0.39, 0.29) is 11.9 Å². The van der Waals surface area contributed by atoms with E-state index in [2.05, 4.69) is 18.3 Å². The highest BCUT2D eigenvalue weighted by Crippen LogP contribution is 2.19. The molecule has 0 heterocycles. The number of methoxy groups -OCH3 is 1. The van der Waals surface area contributed by atoms with Gasteiger partial charge in [-0.25, -0.2) is 4.39 Å². The van der Waals surface area contributed by atoms with Crippen LogP contribution in [0.15, 0.2) is 42.5 Å². The summed E-state index contributed by atoms with van der Waals surface area (Å²) < 4.78 is 18.4. The van der Waals surface area contributed by atoms with Gasteiger partial charge in [0.25, 0.3) is 0 Å². The van der Waals surface area contributed by atoms with Crippen molar-refractivity contribution in [2.75, 3.05) is 7.11 Å². The minimum atomic E-state index is -0.158. The number of benzene rings is 2. The van der Waals surface area contributed by atoms with Crippen LogP contribution >= 0.6 is 0 Å². The Balaban J connectivity index is 2.00. The molecular weight excluding hydrogens is 253 g/mol. The quantitative estimate of drug-likeness (QED) is 0.889. The fraction of sp³-hybridized carbons (Fsp3) is 0.294. The molecule has 0 saturated heterocycles. The normalized spacial score (nSPS) is 12.2. The van der Waals surface area contributed by atoms with Gasteiger partial charge in [0.1, 0.15) is 11.6 Å². The van der Waals surface area contributed by atoms with Crippen LogP contribution in [0.2, 0.25) is 0 Å². The molecule has 2 nitrogen and oxygen atoms in total. The molecule has 3 heteroatoms. The first kappa shape index (κ1) is 14.5. The smallest absolute Gasteiger partial charge is 0.126 e. The third-order valence-electron chi connectivity index (χ3n) is 3.43. The molecule has 0 amide bonds. The summed E-state index contributed by atoms with van der Waals surface area (Å²) in [5.41, 5.74) is 2.93. The number of ether oxygens (including phenoxy) is 1. The van der Waals surface area contributed by atoms with E-state index in [1.165, 1.54) is 11.6 Å². The molecule has 0 aliphatic carbocycles. The average Bonchev–Trinajstić information content (AvgIpc) is 2.48. The fourth-order valence-corrected chi connectivity index (χ4v) is 2.12. The van der Waals surface area contributed by atoms with Gasteiger partial charge in [0.15, 0.2) is 0 Å². The lowest BCUT2D eigenvalue weighted by atomic mass is 10.1. The third-order valence-corrected chi connectivity index (χ3v) is 3.43. The van der Waals surface area contributed by atoms with Crippen LogP contribution in [0.25, 0.3) is 0 Å². The summed E-state index contributed by atoms with van der Waals surface area (Å²) in [5.74, 6) is 0.698. The van der Waals surface area contributed by atoms with E-state index < -0.39 is 0 Å². The van der Waals surface area contributed by atoms with Crippen LogP contribution in [0.3, 0.4) is 0 Å². The van der Waals surface area contributed by atoms with Crippen LogP contribution in [-0.2, 0) is 6.54 Å². The van der Waals surface area contributed by atoms with Gasteiger partial charge in [-0.15, -0.1) is 0 Å². The molecular formula is C17H20FNO. The molecule has 0 bridgehead atoms. The number of nitrogens with one attached hydrogen (secondary N) is 1. The summed E-state index contributed by atoms with van der Waals surface area (Å²) in [5, 5.41) is 3.44. The SMILES string of the molecule is COc1cccc([C@H](C)NCc2ccc(F)c(C)c2)c1. The Kier molecular flexibility index (Phi) is 4.74. The number of hydrogen-bond donors (Lipinski definition) is 1. The van der Waals surface area contributed by atoms with E-state index in [4.69, 9.17) is 4.74 Å². The van der Waals surface area contributed by atoms with E-state index in [1.54, 1.807) is 14.0 Å². The molecule has 106 valence electrons. The van der Waals surface area contributed by atoms with Crippen molar-refractivity contribution in [2.45, 2.75) is 26.4 Å². The summed E-state index contributed by atoms with van der Waals surface area (Å²) in [4.78, 5) is 0. The summed E-state index contributed by atoms with van der Waals surface area (Å²) >= 11 is 0.